The van der Waals surface area contributed by atoms with E-state index in [1.807, 2.05) is 36.7 Å². The van der Waals surface area contributed by atoms with Gasteiger partial charge in [-0.1, -0.05) is 109 Å². The van der Waals surface area contributed by atoms with Gasteiger partial charge >= 0.3 is 0 Å². The van der Waals surface area contributed by atoms with Gasteiger partial charge in [-0.3, -0.25) is 9.97 Å². The third-order valence-electron chi connectivity index (χ3n) is 7.51. The Hall–Kier alpha value is -4.60. The second-order valence-electron chi connectivity index (χ2n) is 9.43. The van der Waals surface area contributed by atoms with Crippen molar-refractivity contribution in [2.24, 2.45) is 0 Å². The molecule has 37 heavy (non-hydrogen) atoms. The summed E-state index contributed by atoms with van der Waals surface area (Å²) < 4.78 is 0. The van der Waals surface area contributed by atoms with Gasteiger partial charge in [0.25, 0.3) is 0 Å². The Morgan fingerprint density at radius 1 is 0.378 bits per heavy atom. The third kappa shape index (κ3) is 3.40. The average molecular weight is 489 g/mol. The van der Waals surface area contributed by atoms with Crippen molar-refractivity contribution in [3.8, 4) is 33.6 Å². The quantitative estimate of drug-likeness (QED) is 0.320. The van der Waals surface area contributed by atoms with Crippen LogP contribution in [0.4, 0.5) is 0 Å². The molecule has 0 saturated carbocycles. The molecule has 0 aliphatic carbocycles. The van der Waals surface area contributed by atoms with Crippen molar-refractivity contribution in [2.45, 2.75) is 0 Å². The molecule has 7 rings (SSSR count). The van der Waals surface area contributed by atoms with Gasteiger partial charge in [0.15, 0.2) is 8.07 Å². The molecule has 1 aliphatic heterocycles. The molecule has 3 heterocycles. The lowest BCUT2D eigenvalue weighted by Gasteiger charge is -2.31. The first-order valence-electron chi connectivity index (χ1n) is 12.6. The van der Waals surface area contributed by atoms with Crippen LogP contribution < -0.4 is 20.7 Å². The van der Waals surface area contributed by atoms with Gasteiger partial charge in [0.2, 0.25) is 0 Å². The van der Waals surface area contributed by atoms with Crippen LogP contribution in [0.2, 0.25) is 0 Å². The predicted molar refractivity (Wildman–Crippen MR) is 156 cm³/mol. The van der Waals surface area contributed by atoms with Gasteiger partial charge in [0, 0.05) is 23.5 Å². The highest BCUT2D eigenvalue weighted by molar-refractivity contribution is 7.22. The van der Waals surface area contributed by atoms with Crippen molar-refractivity contribution in [1.82, 2.24) is 9.97 Å². The SMILES string of the molecule is c1ccc(-c2ccc([Si]3(c4ccc(-c5ccccn5)cc4)c4ccccc4-c4ccccc43)cc2)nc1. The van der Waals surface area contributed by atoms with E-state index in [4.69, 9.17) is 0 Å². The molecule has 3 heteroatoms. The molecule has 0 fully saturated rings. The Morgan fingerprint density at radius 3 is 1.19 bits per heavy atom. The molecule has 0 amide bonds. The Labute approximate surface area is 218 Å². The molecule has 0 unspecified atom stereocenters. The molecule has 2 nitrogen and oxygen atoms in total. The zero-order valence-corrected chi connectivity index (χ0v) is 21.3. The van der Waals surface area contributed by atoms with E-state index in [1.165, 1.54) is 31.9 Å². The highest BCUT2D eigenvalue weighted by atomic mass is 28.3. The predicted octanol–water partition coefficient (Wildman–Crippen LogP) is 5.17. The molecular formula is C34H24N2Si. The van der Waals surface area contributed by atoms with Crippen LogP contribution >= 0.6 is 0 Å². The first kappa shape index (κ1) is 21.7. The van der Waals surface area contributed by atoms with Gasteiger partial charge < -0.3 is 0 Å². The van der Waals surface area contributed by atoms with E-state index in [-0.39, 0.29) is 0 Å². The van der Waals surface area contributed by atoms with Crippen LogP contribution in [0.25, 0.3) is 33.6 Å². The van der Waals surface area contributed by atoms with E-state index in [1.54, 1.807) is 0 Å². The fourth-order valence-corrected chi connectivity index (χ4v) is 11.0. The minimum absolute atomic E-state index is 0.997. The second kappa shape index (κ2) is 8.81. The highest BCUT2D eigenvalue weighted by Gasteiger charge is 2.48. The first-order chi connectivity index (χ1) is 18.4. The summed E-state index contributed by atoms with van der Waals surface area (Å²) in [6.45, 7) is 0. The Bertz CT molecular complexity index is 1560. The van der Waals surface area contributed by atoms with Gasteiger partial charge in [0.1, 0.15) is 0 Å². The van der Waals surface area contributed by atoms with Crippen LogP contribution in [0.1, 0.15) is 0 Å². The maximum Gasteiger partial charge on any atom is 0.180 e. The monoisotopic (exact) mass is 488 g/mol. The molecule has 0 atom stereocenters. The zero-order valence-electron chi connectivity index (χ0n) is 20.3. The van der Waals surface area contributed by atoms with Crippen molar-refractivity contribution in [2.75, 3.05) is 0 Å². The molecule has 1 aliphatic rings. The van der Waals surface area contributed by atoms with Crippen LogP contribution in [-0.2, 0) is 0 Å². The van der Waals surface area contributed by atoms with Gasteiger partial charge in [0.05, 0.1) is 11.4 Å². The maximum atomic E-state index is 4.57. The van der Waals surface area contributed by atoms with Gasteiger partial charge in [-0.15, -0.1) is 0 Å². The van der Waals surface area contributed by atoms with Crippen molar-refractivity contribution >= 4 is 28.8 Å². The molecule has 0 saturated heterocycles. The minimum atomic E-state index is -2.51. The summed E-state index contributed by atoms with van der Waals surface area (Å²) in [5.74, 6) is 0. The largest absolute Gasteiger partial charge is 0.256 e. The van der Waals surface area contributed by atoms with Crippen LogP contribution in [0.5, 0.6) is 0 Å². The smallest absolute Gasteiger partial charge is 0.180 e. The minimum Gasteiger partial charge on any atom is -0.256 e. The highest BCUT2D eigenvalue weighted by Crippen LogP contribution is 2.29. The summed E-state index contributed by atoms with van der Waals surface area (Å²) in [4.78, 5) is 9.13. The van der Waals surface area contributed by atoms with Crippen molar-refractivity contribution in [1.29, 1.82) is 0 Å². The molecule has 0 bridgehead atoms. The molecule has 0 radical (unpaired) electrons. The maximum absolute atomic E-state index is 4.57. The van der Waals surface area contributed by atoms with Crippen LogP contribution in [-0.4, -0.2) is 18.0 Å². The number of rotatable bonds is 4. The lowest BCUT2D eigenvalue weighted by molar-refractivity contribution is 1.33. The molecule has 2 aromatic heterocycles. The van der Waals surface area contributed by atoms with E-state index in [9.17, 15) is 0 Å². The van der Waals surface area contributed by atoms with Gasteiger partial charge in [-0.25, -0.2) is 0 Å². The summed E-state index contributed by atoms with van der Waals surface area (Å²) in [5.41, 5.74) is 6.98. The van der Waals surface area contributed by atoms with Crippen molar-refractivity contribution in [3.63, 3.8) is 0 Å². The Morgan fingerprint density at radius 2 is 0.784 bits per heavy atom. The number of hydrogen-bond acceptors (Lipinski definition) is 2. The van der Waals surface area contributed by atoms with E-state index in [0.717, 1.165) is 22.5 Å². The fourth-order valence-electron chi connectivity index (χ4n) is 5.87. The van der Waals surface area contributed by atoms with E-state index in [0.29, 0.717) is 0 Å². The molecule has 0 N–H and O–H groups in total. The van der Waals surface area contributed by atoms with Crippen molar-refractivity contribution < 1.29 is 0 Å². The summed E-state index contributed by atoms with van der Waals surface area (Å²) in [5, 5.41) is 5.67. The number of hydrogen-bond donors (Lipinski definition) is 0. The summed E-state index contributed by atoms with van der Waals surface area (Å²) in [6, 6.07) is 48.4. The Balaban J connectivity index is 1.47. The number of fused-ring (bicyclic) bond motifs is 3. The number of aromatic nitrogens is 2. The number of pyridine rings is 2. The number of benzene rings is 4. The van der Waals surface area contributed by atoms with Crippen LogP contribution in [0.3, 0.4) is 0 Å². The fraction of sp³-hybridized carbons (Fsp3) is 0. The number of nitrogens with zero attached hydrogens (tertiary/aromatic N) is 2. The topological polar surface area (TPSA) is 25.8 Å². The summed E-state index contributed by atoms with van der Waals surface area (Å²) in [6.07, 6.45) is 3.71. The summed E-state index contributed by atoms with van der Waals surface area (Å²) in [7, 11) is -2.51. The molecule has 4 aromatic carbocycles. The normalized spacial score (nSPS) is 13.1. The third-order valence-corrected chi connectivity index (χ3v) is 12.4. The van der Waals surface area contributed by atoms with Crippen molar-refractivity contribution in [3.05, 3.63) is 146 Å². The van der Waals surface area contributed by atoms with Gasteiger partial charge in [-0.05, 0) is 56.1 Å². The summed E-state index contributed by atoms with van der Waals surface area (Å²) >= 11 is 0. The molecule has 174 valence electrons. The zero-order chi connectivity index (χ0) is 24.7. The lowest BCUT2D eigenvalue weighted by Crippen LogP contribution is -2.72. The Kier molecular flexibility index (Phi) is 5.16. The van der Waals surface area contributed by atoms with Crippen LogP contribution in [0, 0.1) is 0 Å². The molecule has 6 aromatic rings. The van der Waals surface area contributed by atoms with E-state index in [2.05, 4.69) is 119 Å². The van der Waals surface area contributed by atoms with Crippen LogP contribution in [0.15, 0.2) is 146 Å². The molecular weight excluding hydrogens is 464 g/mol. The first-order valence-corrected chi connectivity index (χ1v) is 14.6. The van der Waals surface area contributed by atoms with E-state index < -0.39 is 8.07 Å². The lowest BCUT2D eigenvalue weighted by atomic mass is 10.1. The standard InChI is InChI=1S/C34H24N2Si/c1-3-13-33-29(9-1)30-10-2-4-14-34(30)37(33,27-19-15-25(16-20-27)31-11-5-7-23-35-31)28-21-17-26(18-22-28)32-12-6-8-24-36-32/h1-24H. The molecule has 0 spiro atoms. The second-order valence-corrected chi connectivity index (χ2v) is 13.2. The van der Waals surface area contributed by atoms with Gasteiger partial charge in [-0.2, -0.15) is 0 Å². The van der Waals surface area contributed by atoms with E-state index >= 15 is 0 Å². The average Bonchev–Trinajstić information content (AvgIpc) is 3.30.